The summed E-state index contributed by atoms with van der Waals surface area (Å²) in [6.45, 7) is 0. The Balaban J connectivity index is 3.19. The zero-order chi connectivity index (χ0) is 12.3. The van der Waals surface area contributed by atoms with Gasteiger partial charge in [-0.1, -0.05) is 0 Å². The molecule has 0 saturated carbocycles. The molecule has 0 saturated heterocycles. The summed E-state index contributed by atoms with van der Waals surface area (Å²) in [5.74, 6) is 7.16. The Bertz CT molecular complexity index is 411. The SMILES string of the molecule is CS(C)=[C](C(=O)c1ccccc1)[Ge]([CH3])([CH3])[CH3]. The normalized spacial score (nSPS) is 11.6. The van der Waals surface area contributed by atoms with E-state index in [-0.39, 0.29) is 16.3 Å². The number of Topliss-reactive ketones (excluding diaryl/α,β-unsaturated/α-hetero) is 1. The zero-order valence-electron chi connectivity index (χ0n) is 10.7. The van der Waals surface area contributed by atoms with E-state index in [1.807, 2.05) is 30.3 Å². The Morgan fingerprint density at radius 1 is 1.06 bits per heavy atom. The molecule has 0 heterocycles. The molecule has 1 aromatic carbocycles. The summed E-state index contributed by atoms with van der Waals surface area (Å²) in [6.07, 6.45) is 4.32. The van der Waals surface area contributed by atoms with Gasteiger partial charge >= 0.3 is 104 Å². The zero-order valence-corrected chi connectivity index (χ0v) is 13.6. The van der Waals surface area contributed by atoms with E-state index in [1.165, 1.54) is 3.70 Å². The van der Waals surface area contributed by atoms with Crippen LogP contribution in [0.15, 0.2) is 30.3 Å². The molecule has 1 nitrogen and oxygen atoms in total. The van der Waals surface area contributed by atoms with Crippen LogP contribution in [0.5, 0.6) is 0 Å². The molecule has 0 N–H and O–H groups in total. The van der Waals surface area contributed by atoms with Crippen LogP contribution in [0.3, 0.4) is 0 Å². The van der Waals surface area contributed by atoms with Gasteiger partial charge in [0.05, 0.1) is 0 Å². The van der Waals surface area contributed by atoms with E-state index < -0.39 is 13.3 Å². The van der Waals surface area contributed by atoms with Gasteiger partial charge in [0, 0.05) is 0 Å². The molecule has 3 heteroatoms. The van der Waals surface area contributed by atoms with Gasteiger partial charge in [-0.3, -0.25) is 0 Å². The van der Waals surface area contributed by atoms with Crippen molar-refractivity contribution in [2.75, 3.05) is 12.5 Å². The summed E-state index contributed by atoms with van der Waals surface area (Å²) in [5, 5.41) is 0. The number of hydrogen-bond donors (Lipinski definition) is 0. The molecule has 0 aliphatic carbocycles. The standard InChI is InChI=1S/C13H20GeOS/c1-14(2,3)13(16(4)5)12(15)11-9-7-6-8-10-11/h6-10H,1-5H3. The Morgan fingerprint density at radius 2 is 1.56 bits per heavy atom. The van der Waals surface area contributed by atoms with Crippen molar-refractivity contribution in [2.45, 2.75) is 17.3 Å². The summed E-state index contributed by atoms with van der Waals surface area (Å²) >= 11 is -2.03. The number of carbonyl (C=O) groups excluding carboxylic acids is 1. The Labute approximate surface area is 104 Å². The first-order chi connectivity index (χ1) is 7.34. The van der Waals surface area contributed by atoms with Gasteiger partial charge in [-0.25, -0.2) is 0 Å². The molecular formula is C13H20GeOS. The average molecular weight is 297 g/mol. The molecule has 88 valence electrons. The second-order valence-corrected chi connectivity index (χ2v) is 18.4. The predicted molar refractivity (Wildman–Crippen MR) is 78.6 cm³/mol. The van der Waals surface area contributed by atoms with Gasteiger partial charge in [0.25, 0.3) is 0 Å². The summed E-state index contributed by atoms with van der Waals surface area (Å²) in [5.41, 5.74) is 0.847. The van der Waals surface area contributed by atoms with Crippen LogP contribution in [-0.2, 0) is 0 Å². The van der Waals surface area contributed by atoms with Crippen molar-refractivity contribution in [3.05, 3.63) is 35.9 Å². The third-order valence-electron chi connectivity index (χ3n) is 2.33. The molecule has 0 unspecified atom stereocenters. The van der Waals surface area contributed by atoms with Gasteiger partial charge in [0.1, 0.15) is 0 Å². The molecule has 0 spiro atoms. The number of rotatable bonds is 3. The number of benzene rings is 1. The van der Waals surface area contributed by atoms with Crippen LogP contribution in [0.1, 0.15) is 10.4 Å². The molecule has 1 aromatic rings. The third kappa shape index (κ3) is 3.32. The van der Waals surface area contributed by atoms with Gasteiger partial charge in [-0.2, -0.15) is 0 Å². The van der Waals surface area contributed by atoms with Crippen molar-refractivity contribution in [1.82, 2.24) is 0 Å². The van der Waals surface area contributed by atoms with Crippen molar-refractivity contribution >= 4 is 33.2 Å². The Kier molecular flexibility index (Phi) is 4.56. The minimum absolute atomic E-state index is 0.0971. The maximum absolute atomic E-state index is 12.4. The van der Waals surface area contributed by atoms with E-state index in [9.17, 15) is 4.79 Å². The van der Waals surface area contributed by atoms with E-state index in [0.29, 0.717) is 0 Å². The van der Waals surface area contributed by atoms with Gasteiger partial charge in [-0.05, 0) is 0 Å². The monoisotopic (exact) mass is 298 g/mol. The molecule has 0 atom stereocenters. The summed E-state index contributed by atoms with van der Waals surface area (Å²) < 4.78 is 1.21. The fourth-order valence-corrected chi connectivity index (χ4v) is 13.0. The summed E-state index contributed by atoms with van der Waals surface area (Å²) in [7, 11) is 0.0971. The van der Waals surface area contributed by atoms with Gasteiger partial charge in [-0.15, -0.1) is 0 Å². The molecule has 0 bridgehead atoms. The van der Waals surface area contributed by atoms with Crippen LogP contribution in [0.25, 0.3) is 0 Å². The van der Waals surface area contributed by atoms with Crippen LogP contribution in [0, 0.1) is 0 Å². The van der Waals surface area contributed by atoms with Crippen molar-refractivity contribution < 1.29 is 4.79 Å². The quantitative estimate of drug-likeness (QED) is 0.474. The second kappa shape index (κ2) is 5.32. The summed E-state index contributed by atoms with van der Waals surface area (Å²) in [6, 6.07) is 9.66. The average Bonchev–Trinajstić information content (AvgIpc) is 2.16. The molecule has 0 aromatic heterocycles. The van der Waals surface area contributed by atoms with E-state index in [2.05, 4.69) is 29.8 Å². The van der Waals surface area contributed by atoms with Crippen LogP contribution >= 0.6 is 10.5 Å². The Hall–Kier alpha value is -0.347. The van der Waals surface area contributed by atoms with Gasteiger partial charge in [0.15, 0.2) is 0 Å². The first-order valence-corrected chi connectivity index (χ1v) is 14.8. The van der Waals surface area contributed by atoms with Crippen LogP contribution in [-0.4, -0.2) is 35.3 Å². The van der Waals surface area contributed by atoms with E-state index >= 15 is 0 Å². The Morgan fingerprint density at radius 3 is 1.94 bits per heavy atom. The van der Waals surface area contributed by atoms with Crippen LogP contribution in [0.4, 0.5) is 0 Å². The van der Waals surface area contributed by atoms with E-state index in [0.717, 1.165) is 5.56 Å². The minimum atomic E-state index is -2.03. The summed E-state index contributed by atoms with van der Waals surface area (Å²) in [4.78, 5) is 12.4. The number of hydrogen-bond acceptors (Lipinski definition) is 1. The molecule has 0 aliphatic rings. The van der Waals surface area contributed by atoms with Crippen molar-refractivity contribution in [1.29, 1.82) is 0 Å². The first kappa shape index (κ1) is 13.7. The van der Waals surface area contributed by atoms with Crippen molar-refractivity contribution in [2.24, 2.45) is 0 Å². The molecule has 0 radical (unpaired) electrons. The molecular weight excluding hydrogens is 277 g/mol. The van der Waals surface area contributed by atoms with E-state index in [4.69, 9.17) is 0 Å². The fourth-order valence-electron chi connectivity index (χ4n) is 1.86. The van der Waals surface area contributed by atoms with E-state index in [1.54, 1.807) is 0 Å². The second-order valence-electron chi connectivity index (χ2n) is 5.09. The number of carbonyl (C=O) groups is 1. The van der Waals surface area contributed by atoms with Crippen LogP contribution < -0.4 is 0 Å². The third-order valence-corrected chi connectivity index (χ3v) is 12.4. The maximum atomic E-state index is 12.4. The van der Waals surface area contributed by atoms with Gasteiger partial charge < -0.3 is 0 Å². The molecule has 1 rings (SSSR count). The molecule has 16 heavy (non-hydrogen) atoms. The topological polar surface area (TPSA) is 17.1 Å². The fraction of sp³-hybridized carbons (Fsp3) is 0.385. The molecule has 0 fully saturated rings. The van der Waals surface area contributed by atoms with Crippen molar-refractivity contribution in [3.8, 4) is 0 Å². The first-order valence-electron chi connectivity index (χ1n) is 5.39. The van der Waals surface area contributed by atoms with Crippen LogP contribution in [0.2, 0.25) is 17.3 Å². The number of ketones is 1. The van der Waals surface area contributed by atoms with Gasteiger partial charge in [0.2, 0.25) is 0 Å². The molecule has 0 aliphatic heterocycles. The predicted octanol–water partition coefficient (Wildman–Crippen LogP) is 3.45. The molecule has 0 amide bonds. The van der Waals surface area contributed by atoms with Crippen molar-refractivity contribution in [3.63, 3.8) is 0 Å².